The Morgan fingerprint density at radius 1 is 1.36 bits per heavy atom. The van der Waals surface area contributed by atoms with Crippen molar-refractivity contribution in [3.63, 3.8) is 0 Å². The molecule has 2 aliphatic rings. The summed E-state index contributed by atoms with van der Waals surface area (Å²) in [6, 6.07) is 0.176. The lowest BCUT2D eigenvalue weighted by Crippen LogP contribution is -2.51. The summed E-state index contributed by atoms with van der Waals surface area (Å²) < 4.78 is 27.8. The molecule has 1 aliphatic carbocycles. The summed E-state index contributed by atoms with van der Waals surface area (Å²) in [6.07, 6.45) is 0.978. The van der Waals surface area contributed by atoms with Crippen LogP contribution in [0.25, 0.3) is 0 Å². The maximum absolute atomic E-state index is 11.8. The third-order valence-electron chi connectivity index (χ3n) is 2.83. The van der Waals surface area contributed by atoms with Crippen LogP contribution >= 0.6 is 0 Å². The van der Waals surface area contributed by atoms with E-state index in [0.29, 0.717) is 19.0 Å². The van der Waals surface area contributed by atoms with E-state index in [-0.39, 0.29) is 6.04 Å². The molecule has 0 aromatic heterocycles. The number of piperazine rings is 1. The molecule has 6 heteroatoms. The van der Waals surface area contributed by atoms with Crippen molar-refractivity contribution in [3.8, 4) is 0 Å². The van der Waals surface area contributed by atoms with E-state index in [1.807, 2.05) is 0 Å². The van der Waals surface area contributed by atoms with Gasteiger partial charge in [0, 0.05) is 32.2 Å². The topological polar surface area (TPSA) is 61.4 Å². The molecule has 2 unspecified atom stereocenters. The summed E-state index contributed by atoms with van der Waals surface area (Å²) in [5, 5.41) is 3.13. The molecule has 0 aromatic carbocycles. The van der Waals surface area contributed by atoms with Gasteiger partial charge in [-0.3, -0.25) is 0 Å². The van der Waals surface area contributed by atoms with E-state index in [0.717, 1.165) is 19.5 Å². The van der Waals surface area contributed by atoms with Crippen molar-refractivity contribution in [2.75, 3.05) is 26.2 Å². The van der Waals surface area contributed by atoms with E-state index in [1.165, 1.54) is 4.31 Å². The predicted molar refractivity (Wildman–Crippen MR) is 54.1 cm³/mol. The van der Waals surface area contributed by atoms with Crippen LogP contribution in [0.3, 0.4) is 0 Å². The largest absolute Gasteiger partial charge is 0.314 e. The quantitative estimate of drug-likeness (QED) is 0.649. The molecule has 1 saturated carbocycles. The Morgan fingerprint density at radius 3 is 2.43 bits per heavy atom. The lowest BCUT2D eigenvalue weighted by molar-refractivity contribution is 0.354. The fourth-order valence-electron chi connectivity index (χ4n) is 1.64. The van der Waals surface area contributed by atoms with Crippen LogP contribution in [0.4, 0.5) is 0 Å². The fourth-order valence-corrected chi connectivity index (χ4v) is 3.16. The van der Waals surface area contributed by atoms with Gasteiger partial charge in [-0.2, -0.15) is 17.4 Å². The molecule has 2 N–H and O–H groups in total. The van der Waals surface area contributed by atoms with Gasteiger partial charge in [-0.25, -0.2) is 0 Å². The van der Waals surface area contributed by atoms with Gasteiger partial charge in [0.15, 0.2) is 0 Å². The molecule has 1 heterocycles. The normalized spacial score (nSPS) is 34.4. The van der Waals surface area contributed by atoms with E-state index in [4.69, 9.17) is 0 Å². The molecule has 1 aliphatic heterocycles. The average molecular weight is 219 g/mol. The summed E-state index contributed by atoms with van der Waals surface area (Å²) in [5.41, 5.74) is 0. The highest BCUT2D eigenvalue weighted by molar-refractivity contribution is 7.87. The number of rotatable bonds is 3. The van der Waals surface area contributed by atoms with Crippen LogP contribution < -0.4 is 10.0 Å². The highest BCUT2D eigenvalue weighted by atomic mass is 32.2. The Kier molecular flexibility index (Phi) is 2.79. The zero-order chi connectivity index (χ0) is 10.2. The second-order valence-corrected chi connectivity index (χ2v) is 5.79. The van der Waals surface area contributed by atoms with Crippen LogP contribution in [0.15, 0.2) is 0 Å². The van der Waals surface area contributed by atoms with Crippen LogP contribution in [-0.2, 0) is 10.2 Å². The summed E-state index contributed by atoms with van der Waals surface area (Å²) in [7, 11) is -3.21. The van der Waals surface area contributed by atoms with Crippen LogP contribution in [-0.4, -0.2) is 44.9 Å². The SMILES string of the molecule is CC1CC1NS(=O)(=O)N1CCNCC1. The Bertz CT molecular complexity index is 298. The first-order chi connectivity index (χ1) is 6.59. The molecular formula is C8H17N3O2S. The fraction of sp³-hybridized carbons (Fsp3) is 1.00. The van der Waals surface area contributed by atoms with Crippen molar-refractivity contribution in [1.82, 2.24) is 14.3 Å². The summed E-state index contributed by atoms with van der Waals surface area (Å²) in [4.78, 5) is 0. The van der Waals surface area contributed by atoms with E-state index in [9.17, 15) is 8.42 Å². The van der Waals surface area contributed by atoms with Crippen molar-refractivity contribution < 1.29 is 8.42 Å². The van der Waals surface area contributed by atoms with Crippen molar-refractivity contribution in [2.24, 2.45) is 5.92 Å². The summed E-state index contributed by atoms with van der Waals surface area (Å²) in [6.45, 7) is 4.72. The maximum Gasteiger partial charge on any atom is 0.279 e. The minimum absolute atomic E-state index is 0.176. The predicted octanol–water partition coefficient (Wildman–Crippen LogP) is -0.866. The van der Waals surface area contributed by atoms with Gasteiger partial charge in [-0.15, -0.1) is 0 Å². The standard InChI is InChI=1S/C8H17N3O2S/c1-7-6-8(7)10-14(12,13)11-4-2-9-3-5-11/h7-10H,2-6H2,1H3. The van der Waals surface area contributed by atoms with Crippen molar-refractivity contribution in [3.05, 3.63) is 0 Å². The van der Waals surface area contributed by atoms with Crippen LogP contribution in [0.1, 0.15) is 13.3 Å². The lowest BCUT2D eigenvalue weighted by Gasteiger charge is -2.26. The van der Waals surface area contributed by atoms with Crippen LogP contribution in [0.2, 0.25) is 0 Å². The molecule has 0 spiro atoms. The minimum atomic E-state index is -3.21. The summed E-state index contributed by atoms with van der Waals surface area (Å²) >= 11 is 0. The summed E-state index contributed by atoms with van der Waals surface area (Å²) in [5.74, 6) is 0.507. The Labute approximate surface area is 85.0 Å². The highest BCUT2D eigenvalue weighted by Crippen LogP contribution is 2.29. The van der Waals surface area contributed by atoms with Gasteiger partial charge in [-0.1, -0.05) is 6.92 Å². The number of hydrogen-bond acceptors (Lipinski definition) is 3. The molecule has 0 amide bonds. The van der Waals surface area contributed by atoms with Crippen LogP contribution in [0.5, 0.6) is 0 Å². The van der Waals surface area contributed by atoms with Gasteiger partial charge in [0.05, 0.1) is 0 Å². The van der Waals surface area contributed by atoms with Crippen LogP contribution in [0, 0.1) is 5.92 Å². The maximum atomic E-state index is 11.8. The van der Waals surface area contributed by atoms with E-state index in [1.54, 1.807) is 0 Å². The third-order valence-corrected chi connectivity index (χ3v) is 4.47. The minimum Gasteiger partial charge on any atom is -0.314 e. The molecular weight excluding hydrogens is 202 g/mol. The molecule has 5 nitrogen and oxygen atoms in total. The van der Waals surface area contributed by atoms with E-state index in [2.05, 4.69) is 17.0 Å². The second-order valence-electron chi connectivity index (χ2n) is 4.09. The number of hydrogen-bond donors (Lipinski definition) is 2. The number of nitrogens with one attached hydrogen (secondary N) is 2. The zero-order valence-electron chi connectivity index (χ0n) is 8.36. The first-order valence-electron chi connectivity index (χ1n) is 5.08. The Morgan fingerprint density at radius 2 is 1.93 bits per heavy atom. The molecule has 82 valence electrons. The van der Waals surface area contributed by atoms with E-state index >= 15 is 0 Å². The molecule has 0 radical (unpaired) electrons. The first kappa shape index (κ1) is 10.4. The van der Waals surface area contributed by atoms with Crippen molar-refractivity contribution in [2.45, 2.75) is 19.4 Å². The monoisotopic (exact) mass is 219 g/mol. The van der Waals surface area contributed by atoms with Gasteiger partial charge >= 0.3 is 0 Å². The van der Waals surface area contributed by atoms with Gasteiger partial charge in [0.1, 0.15) is 0 Å². The van der Waals surface area contributed by atoms with Gasteiger partial charge in [0.2, 0.25) is 0 Å². The van der Waals surface area contributed by atoms with Gasteiger partial charge in [-0.05, 0) is 12.3 Å². The van der Waals surface area contributed by atoms with Crippen molar-refractivity contribution in [1.29, 1.82) is 0 Å². The zero-order valence-corrected chi connectivity index (χ0v) is 9.18. The van der Waals surface area contributed by atoms with Gasteiger partial charge < -0.3 is 5.32 Å². The molecule has 14 heavy (non-hydrogen) atoms. The Hall–Kier alpha value is -0.170. The molecule has 2 fully saturated rings. The van der Waals surface area contributed by atoms with E-state index < -0.39 is 10.2 Å². The highest BCUT2D eigenvalue weighted by Gasteiger charge is 2.38. The molecule has 0 bridgehead atoms. The Balaban J connectivity index is 1.93. The smallest absolute Gasteiger partial charge is 0.279 e. The third kappa shape index (κ3) is 2.25. The first-order valence-corrected chi connectivity index (χ1v) is 6.52. The van der Waals surface area contributed by atoms with Crippen molar-refractivity contribution >= 4 is 10.2 Å². The molecule has 0 aromatic rings. The molecule has 2 rings (SSSR count). The second kappa shape index (κ2) is 3.77. The molecule has 1 saturated heterocycles. The average Bonchev–Trinajstić information content (AvgIpc) is 2.82. The lowest BCUT2D eigenvalue weighted by atomic mass is 10.4. The number of nitrogens with zero attached hydrogens (tertiary/aromatic N) is 1. The van der Waals surface area contributed by atoms with Gasteiger partial charge in [0.25, 0.3) is 10.2 Å². The molecule has 2 atom stereocenters.